The largest absolute Gasteiger partial charge is 0.715 e. The summed E-state index contributed by atoms with van der Waals surface area (Å²) in [5, 5.41) is 27.1. The molecule has 1 saturated heterocycles. The maximum absolute atomic E-state index is 12.9. The van der Waals surface area contributed by atoms with Crippen molar-refractivity contribution in [3.05, 3.63) is 40.1 Å². The molecular weight excluding hydrogens is 342 g/mol. The predicted octanol–water partition coefficient (Wildman–Crippen LogP) is 3.07. The lowest BCUT2D eigenvalue weighted by Gasteiger charge is -2.32. The van der Waals surface area contributed by atoms with Gasteiger partial charge in [0, 0.05) is 22.3 Å². The summed E-state index contributed by atoms with van der Waals surface area (Å²) in [6, 6.07) is 6.15. The highest BCUT2D eigenvalue weighted by Gasteiger charge is 2.62. The third-order valence-corrected chi connectivity index (χ3v) is 6.08. The van der Waals surface area contributed by atoms with E-state index in [1.54, 1.807) is 56.9 Å². The zero-order valence-electron chi connectivity index (χ0n) is 15.0. The fourth-order valence-corrected chi connectivity index (χ4v) is 3.59. The van der Waals surface area contributed by atoms with Crippen LogP contribution in [-0.4, -0.2) is 50.1 Å². The van der Waals surface area contributed by atoms with Crippen LogP contribution in [0, 0.1) is 5.21 Å². The summed E-state index contributed by atoms with van der Waals surface area (Å²) in [5.74, 6) is -0.0502. The SMILES string of the molecule is CC1(C)N([O])C(C2CCCN2C(=O)c2ccc(Cl)cc2)=[N+]([O-])C1(C)C. The first-order valence-electron chi connectivity index (χ1n) is 8.47. The summed E-state index contributed by atoms with van der Waals surface area (Å²) in [6.45, 7) is 7.57. The van der Waals surface area contributed by atoms with Crippen molar-refractivity contribution in [1.29, 1.82) is 0 Å². The molecule has 0 aromatic heterocycles. The molecule has 2 heterocycles. The van der Waals surface area contributed by atoms with Gasteiger partial charge in [0.15, 0.2) is 5.54 Å². The van der Waals surface area contributed by atoms with E-state index >= 15 is 0 Å². The molecule has 2 aliphatic rings. The molecule has 1 fully saturated rings. The zero-order valence-corrected chi connectivity index (χ0v) is 15.7. The number of hydroxylamine groups is 3. The maximum Gasteiger partial charge on any atom is 0.307 e. The molecule has 1 aromatic rings. The topological polar surface area (TPSA) is 69.5 Å². The van der Waals surface area contributed by atoms with Gasteiger partial charge >= 0.3 is 5.84 Å². The van der Waals surface area contributed by atoms with Crippen molar-refractivity contribution in [2.24, 2.45) is 0 Å². The molecule has 1 unspecified atom stereocenters. The summed E-state index contributed by atoms with van der Waals surface area (Å²) in [5.41, 5.74) is -1.24. The minimum Gasteiger partial charge on any atom is -0.715 e. The molecule has 135 valence electrons. The van der Waals surface area contributed by atoms with Crippen molar-refractivity contribution in [1.82, 2.24) is 9.96 Å². The molecule has 1 atom stereocenters. The van der Waals surface area contributed by atoms with E-state index in [-0.39, 0.29) is 11.7 Å². The third kappa shape index (κ3) is 2.59. The van der Waals surface area contributed by atoms with Gasteiger partial charge in [-0.1, -0.05) is 16.7 Å². The molecule has 2 aliphatic heterocycles. The molecular formula is C18H23ClN3O3. The number of carbonyl (C=O) groups is 1. The van der Waals surface area contributed by atoms with Crippen LogP contribution in [0.15, 0.2) is 24.3 Å². The predicted molar refractivity (Wildman–Crippen MR) is 94.8 cm³/mol. The standard InChI is InChI=1S/C18H23ClN3O3/c1-17(2)18(3,4)22(25)15(21(17)24)14-6-5-11-20(14)16(23)12-7-9-13(19)10-8-12/h7-10,14H,5-6,11H2,1-4H3. The fraction of sp³-hybridized carbons (Fsp3) is 0.556. The molecule has 0 aliphatic carbocycles. The van der Waals surface area contributed by atoms with Gasteiger partial charge in [-0.3, -0.25) is 9.53 Å². The van der Waals surface area contributed by atoms with E-state index in [0.717, 1.165) is 16.2 Å². The van der Waals surface area contributed by atoms with Gasteiger partial charge < -0.3 is 10.1 Å². The molecule has 25 heavy (non-hydrogen) atoms. The molecule has 1 amide bonds. The van der Waals surface area contributed by atoms with Crippen molar-refractivity contribution in [3.63, 3.8) is 0 Å². The molecule has 6 nitrogen and oxygen atoms in total. The van der Waals surface area contributed by atoms with Gasteiger partial charge in [-0.15, -0.1) is 0 Å². The Morgan fingerprint density at radius 2 is 1.84 bits per heavy atom. The number of hydrogen-bond acceptors (Lipinski definition) is 3. The van der Waals surface area contributed by atoms with Crippen molar-refractivity contribution in [2.45, 2.75) is 57.7 Å². The Morgan fingerprint density at radius 3 is 2.36 bits per heavy atom. The van der Waals surface area contributed by atoms with Crippen molar-refractivity contribution < 1.29 is 14.7 Å². The van der Waals surface area contributed by atoms with Crippen molar-refractivity contribution in [2.75, 3.05) is 6.54 Å². The number of benzene rings is 1. The van der Waals surface area contributed by atoms with E-state index in [1.807, 2.05) is 0 Å². The van der Waals surface area contributed by atoms with Crippen LogP contribution in [0.5, 0.6) is 0 Å². The Kier molecular flexibility index (Phi) is 4.24. The van der Waals surface area contributed by atoms with E-state index < -0.39 is 17.1 Å². The second-order valence-corrected chi connectivity index (χ2v) is 8.16. The fourth-order valence-electron chi connectivity index (χ4n) is 3.46. The molecule has 0 spiro atoms. The molecule has 0 bridgehead atoms. The van der Waals surface area contributed by atoms with E-state index in [0.29, 0.717) is 23.6 Å². The van der Waals surface area contributed by atoms with Crippen LogP contribution in [0.4, 0.5) is 0 Å². The Balaban J connectivity index is 1.96. The highest BCUT2D eigenvalue weighted by atomic mass is 35.5. The number of nitrogens with zero attached hydrogens (tertiary/aromatic N) is 3. The molecule has 1 radical (unpaired) electrons. The van der Waals surface area contributed by atoms with Crippen LogP contribution in [0.1, 0.15) is 50.9 Å². The normalized spacial score (nSPS) is 25.0. The van der Waals surface area contributed by atoms with Gasteiger partial charge in [0.2, 0.25) is 0 Å². The molecule has 3 rings (SSSR count). The van der Waals surface area contributed by atoms with E-state index in [4.69, 9.17) is 11.6 Å². The summed E-state index contributed by atoms with van der Waals surface area (Å²) in [6.07, 6.45) is 1.37. The van der Waals surface area contributed by atoms with Crippen LogP contribution in [0.3, 0.4) is 0 Å². The number of rotatable bonds is 2. The molecule has 0 saturated carbocycles. The lowest BCUT2D eigenvalue weighted by atomic mass is 9.84. The van der Waals surface area contributed by atoms with Crippen LogP contribution in [0.2, 0.25) is 5.02 Å². The van der Waals surface area contributed by atoms with Gasteiger partial charge in [-0.25, -0.2) is 0 Å². The van der Waals surface area contributed by atoms with Crippen molar-refractivity contribution in [3.8, 4) is 0 Å². The Bertz CT molecular complexity index is 728. The number of likely N-dealkylation sites (tertiary alicyclic amines) is 1. The third-order valence-electron chi connectivity index (χ3n) is 5.83. The van der Waals surface area contributed by atoms with Gasteiger partial charge in [0.1, 0.15) is 11.6 Å². The van der Waals surface area contributed by atoms with E-state index in [9.17, 15) is 15.2 Å². The monoisotopic (exact) mass is 364 g/mol. The lowest BCUT2D eigenvalue weighted by Crippen LogP contribution is -2.54. The molecule has 7 heteroatoms. The Hall–Kier alpha value is -1.79. The first-order chi connectivity index (χ1) is 11.6. The highest BCUT2D eigenvalue weighted by Crippen LogP contribution is 2.38. The van der Waals surface area contributed by atoms with Crippen LogP contribution in [-0.2, 0) is 5.21 Å². The van der Waals surface area contributed by atoms with Crippen molar-refractivity contribution >= 4 is 23.3 Å². The maximum atomic E-state index is 12.9. The number of hydrogen-bond donors (Lipinski definition) is 0. The van der Waals surface area contributed by atoms with Crippen LogP contribution < -0.4 is 0 Å². The average molecular weight is 365 g/mol. The zero-order chi connectivity index (χ0) is 18.6. The smallest absolute Gasteiger partial charge is 0.307 e. The Labute approximate surface area is 152 Å². The van der Waals surface area contributed by atoms with E-state index in [1.165, 1.54) is 0 Å². The summed E-state index contributed by atoms with van der Waals surface area (Å²) < 4.78 is 0.804. The first kappa shape index (κ1) is 18.0. The number of halogens is 1. The number of amides is 1. The minimum absolute atomic E-state index is 0.134. The van der Waals surface area contributed by atoms with Crippen LogP contribution >= 0.6 is 11.6 Å². The number of carbonyl (C=O) groups excluding carboxylic acids is 1. The van der Waals surface area contributed by atoms with Gasteiger partial charge in [0.05, 0.1) is 0 Å². The second kappa shape index (κ2) is 5.88. The summed E-state index contributed by atoms with van der Waals surface area (Å²) >= 11 is 5.88. The highest BCUT2D eigenvalue weighted by molar-refractivity contribution is 6.30. The minimum atomic E-state index is -0.873. The summed E-state index contributed by atoms with van der Waals surface area (Å²) in [4.78, 5) is 14.5. The van der Waals surface area contributed by atoms with Gasteiger partial charge in [-0.2, -0.15) is 0 Å². The van der Waals surface area contributed by atoms with Gasteiger partial charge in [-0.05, 0) is 64.8 Å². The molecule has 1 aromatic carbocycles. The first-order valence-corrected chi connectivity index (χ1v) is 8.85. The van der Waals surface area contributed by atoms with E-state index in [2.05, 4.69) is 0 Å². The number of amidine groups is 1. The lowest BCUT2D eigenvalue weighted by molar-refractivity contribution is -0.541. The summed E-state index contributed by atoms with van der Waals surface area (Å²) in [7, 11) is 0. The second-order valence-electron chi connectivity index (χ2n) is 7.73. The molecule has 0 N–H and O–H groups in total. The van der Waals surface area contributed by atoms with Crippen LogP contribution in [0.25, 0.3) is 0 Å². The van der Waals surface area contributed by atoms with Gasteiger partial charge in [0.25, 0.3) is 5.91 Å². The quantitative estimate of drug-likeness (QED) is 0.598. The average Bonchev–Trinajstić information content (AvgIpc) is 3.07. The Morgan fingerprint density at radius 1 is 1.24 bits per heavy atom.